The number of aromatic nitrogens is 1. The SMILES string of the molecule is COc1cc(CNC(=O)c2ccccc2SCC(=O)NCC2CCCCC2)ccn1. The number of nitrogens with one attached hydrogen (secondary N) is 2. The fourth-order valence-electron chi connectivity index (χ4n) is 3.57. The molecule has 0 bridgehead atoms. The summed E-state index contributed by atoms with van der Waals surface area (Å²) in [6.45, 7) is 1.13. The van der Waals surface area contributed by atoms with Crippen molar-refractivity contribution in [1.29, 1.82) is 0 Å². The monoisotopic (exact) mass is 427 g/mol. The van der Waals surface area contributed by atoms with Crippen molar-refractivity contribution in [3.05, 3.63) is 53.7 Å². The first-order valence-electron chi connectivity index (χ1n) is 10.4. The van der Waals surface area contributed by atoms with Gasteiger partial charge in [0.15, 0.2) is 0 Å². The molecule has 2 N–H and O–H groups in total. The number of amides is 2. The third kappa shape index (κ3) is 6.76. The first-order valence-corrected chi connectivity index (χ1v) is 11.4. The van der Waals surface area contributed by atoms with Gasteiger partial charge in [0.2, 0.25) is 11.8 Å². The van der Waals surface area contributed by atoms with Crippen molar-refractivity contribution in [1.82, 2.24) is 15.6 Å². The Hall–Kier alpha value is -2.54. The summed E-state index contributed by atoms with van der Waals surface area (Å²) in [4.78, 5) is 29.8. The van der Waals surface area contributed by atoms with Crippen LogP contribution in [0.25, 0.3) is 0 Å². The van der Waals surface area contributed by atoms with Crippen LogP contribution in [0.5, 0.6) is 5.88 Å². The maximum atomic E-state index is 12.7. The van der Waals surface area contributed by atoms with Gasteiger partial charge in [-0.15, -0.1) is 11.8 Å². The Labute approximate surface area is 182 Å². The van der Waals surface area contributed by atoms with Crippen LogP contribution in [0.15, 0.2) is 47.5 Å². The number of thioether (sulfide) groups is 1. The summed E-state index contributed by atoms with van der Waals surface area (Å²) in [5.41, 5.74) is 1.48. The van der Waals surface area contributed by atoms with Gasteiger partial charge in [0.05, 0.1) is 18.4 Å². The van der Waals surface area contributed by atoms with E-state index in [1.165, 1.54) is 43.9 Å². The number of rotatable bonds is 9. The Morgan fingerprint density at radius 2 is 1.93 bits per heavy atom. The average molecular weight is 428 g/mol. The number of benzene rings is 1. The van der Waals surface area contributed by atoms with E-state index in [-0.39, 0.29) is 11.8 Å². The van der Waals surface area contributed by atoms with Gasteiger partial charge < -0.3 is 15.4 Å². The smallest absolute Gasteiger partial charge is 0.252 e. The summed E-state index contributed by atoms with van der Waals surface area (Å²) >= 11 is 1.39. The molecule has 2 amide bonds. The summed E-state index contributed by atoms with van der Waals surface area (Å²) in [5, 5.41) is 5.98. The first kappa shape index (κ1) is 22.2. The molecule has 0 atom stereocenters. The van der Waals surface area contributed by atoms with E-state index >= 15 is 0 Å². The third-order valence-corrected chi connectivity index (χ3v) is 6.34. The largest absolute Gasteiger partial charge is 0.481 e. The Morgan fingerprint density at radius 3 is 2.73 bits per heavy atom. The number of carbonyl (C=O) groups is 2. The molecule has 1 fully saturated rings. The van der Waals surface area contributed by atoms with E-state index in [1.54, 1.807) is 25.4 Å². The molecule has 0 radical (unpaired) electrons. The minimum absolute atomic E-state index is 0.0182. The van der Waals surface area contributed by atoms with E-state index in [2.05, 4.69) is 15.6 Å². The fraction of sp³-hybridized carbons (Fsp3) is 0.435. The van der Waals surface area contributed by atoms with Crippen LogP contribution in [-0.4, -0.2) is 36.2 Å². The standard InChI is InChI=1S/C23H29N3O3S/c1-29-22-13-18(11-12-24-22)15-26-23(28)19-9-5-6-10-20(19)30-16-21(27)25-14-17-7-3-2-4-8-17/h5-6,9-13,17H,2-4,7-8,14-16H2,1H3,(H,25,27)(H,26,28). The number of pyridine rings is 1. The molecule has 30 heavy (non-hydrogen) atoms. The highest BCUT2D eigenvalue weighted by molar-refractivity contribution is 8.00. The van der Waals surface area contributed by atoms with Gasteiger partial charge >= 0.3 is 0 Å². The molecule has 1 heterocycles. The van der Waals surface area contributed by atoms with Crippen LogP contribution >= 0.6 is 11.8 Å². The number of carbonyl (C=O) groups excluding carboxylic acids is 2. The van der Waals surface area contributed by atoms with Crippen LogP contribution in [-0.2, 0) is 11.3 Å². The van der Waals surface area contributed by atoms with Crippen LogP contribution in [0, 0.1) is 5.92 Å². The highest BCUT2D eigenvalue weighted by atomic mass is 32.2. The highest BCUT2D eigenvalue weighted by Crippen LogP contribution is 2.24. The predicted molar refractivity (Wildman–Crippen MR) is 119 cm³/mol. The first-order chi connectivity index (χ1) is 14.7. The molecule has 2 aromatic rings. The number of hydrogen-bond acceptors (Lipinski definition) is 5. The van der Waals surface area contributed by atoms with E-state index in [4.69, 9.17) is 4.74 Å². The van der Waals surface area contributed by atoms with E-state index in [0.717, 1.165) is 17.0 Å². The number of ether oxygens (including phenoxy) is 1. The van der Waals surface area contributed by atoms with E-state index in [1.807, 2.05) is 24.3 Å². The molecule has 0 unspecified atom stereocenters. The van der Waals surface area contributed by atoms with Gasteiger partial charge in [0, 0.05) is 30.2 Å². The van der Waals surface area contributed by atoms with Gasteiger partial charge in [0.1, 0.15) is 0 Å². The Bertz CT molecular complexity index is 853. The maximum absolute atomic E-state index is 12.7. The van der Waals surface area contributed by atoms with Gasteiger partial charge in [-0.05, 0) is 42.5 Å². The summed E-state index contributed by atoms with van der Waals surface area (Å²) < 4.78 is 5.11. The fourth-order valence-corrected chi connectivity index (χ4v) is 4.45. The lowest BCUT2D eigenvalue weighted by Gasteiger charge is -2.21. The van der Waals surface area contributed by atoms with Crippen LogP contribution in [0.1, 0.15) is 48.0 Å². The van der Waals surface area contributed by atoms with Crippen LogP contribution < -0.4 is 15.4 Å². The second kappa shape index (κ2) is 11.6. The minimum Gasteiger partial charge on any atom is -0.481 e. The van der Waals surface area contributed by atoms with Crippen molar-refractivity contribution in [2.45, 2.75) is 43.5 Å². The molecule has 1 aromatic heterocycles. The number of hydrogen-bond donors (Lipinski definition) is 2. The quantitative estimate of drug-likeness (QED) is 0.595. The Balaban J connectivity index is 1.50. The molecule has 0 aliphatic heterocycles. The van der Waals surface area contributed by atoms with Gasteiger partial charge in [-0.25, -0.2) is 4.98 Å². The predicted octanol–water partition coefficient (Wildman–Crippen LogP) is 3.81. The zero-order chi connectivity index (χ0) is 21.2. The van der Waals surface area contributed by atoms with Crippen LogP contribution in [0.4, 0.5) is 0 Å². The molecule has 0 saturated heterocycles. The normalized spacial score (nSPS) is 14.2. The van der Waals surface area contributed by atoms with Gasteiger partial charge in [-0.3, -0.25) is 9.59 Å². The number of nitrogens with zero attached hydrogens (tertiary/aromatic N) is 1. The lowest BCUT2D eigenvalue weighted by molar-refractivity contribution is -0.118. The van der Waals surface area contributed by atoms with Gasteiger partial charge in [-0.2, -0.15) is 0 Å². The van der Waals surface area contributed by atoms with Gasteiger partial charge in [-0.1, -0.05) is 31.4 Å². The lowest BCUT2D eigenvalue weighted by Crippen LogP contribution is -2.31. The molecule has 1 aromatic carbocycles. The zero-order valence-electron chi connectivity index (χ0n) is 17.4. The Kier molecular flexibility index (Phi) is 8.56. The maximum Gasteiger partial charge on any atom is 0.252 e. The van der Waals surface area contributed by atoms with Crippen molar-refractivity contribution in [3.8, 4) is 5.88 Å². The van der Waals surface area contributed by atoms with Crippen molar-refractivity contribution >= 4 is 23.6 Å². The molecule has 160 valence electrons. The van der Waals surface area contributed by atoms with Crippen molar-refractivity contribution < 1.29 is 14.3 Å². The van der Waals surface area contributed by atoms with Crippen molar-refractivity contribution in [2.75, 3.05) is 19.4 Å². The summed E-state index contributed by atoms with van der Waals surface area (Å²) in [7, 11) is 1.56. The average Bonchev–Trinajstić information content (AvgIpc) is 2.81. The molecule has 6 nitrogen and oxygen atoms in total. The summed E-state index contributed by atoms with van der Waals surface area (Å²) in [6, 6.07) is 11.0. The van der Waals surface area contributed by atoms with Crippen LogP contribution in [0.2, 0.25) is 0 Å². The molecule has 7 heteroatoms. The molecule has 3 rings (SSSR count). The Morgan fingerprint density at radius 1 is 1.13 bits per heavy atom. The van der Waals surface area contributed by atoms with Crippen molar-refractivity contribution in [2.24, 2.45) is 5.92 Å². The summed E-state index contributed by atoms with van der Waals surface area (Å²) in [6.07, 6.45) is 7.91. The molecular formula is C23H29N3O3S. The topological polar surface area (TPSA) is 80.3 Å². The molecule has 1 saturated carbocycles. The highest BCUT2D eigenvalue weighted by Gasteiger charge is 2.16. The summed E-state index contributed by atoms with van der Waals surface area (Å²) in [5.74, 6) is 1.27. The molecule has 0 spiro atoms. The van der Waals surface area contributed by atoms with Crippen molar-refractivity contribution in [3.63, 3.8) is 0 Å². The van der Waals surface area contributed by atoms with Gasteiger partial charge in [0.25, 0.3) is 5.91 Å². The zero-order valence-corrected chi connectivity index (χ0v) is 18.2. The molecular weight excluding hydrogens is 398 g/mol. The molecule has 1 aliphatic rings. The van der Waals surface area contributed by atoms with E-state index in [9.17, 15) is 9.59 Å². The lowest BCUT2D eigenvalue weighted by atomic mass is 9.89. The van der Waals surface area contributed by atoms with E-state index in [0.29, 0.717) is 29.7 Å². The van der Waals surface area contributed by atoms with E-state index < -0.39 is 0 Å². The van der Waals surface area contributed by atoms with Crippen LogP contribution in [0.3, 0.4) is 0 Å². The second-order valence-electron chi connectivity index (χ2n) is 7.48. The minimum atomic E-state index is -0.170. The third-order valence-electron chi connectivity index (χ3n) is 5.26. The molecule has 1 aliphatic carbocycles. The number of methoxy groups -OCH3 is 1. The second-order valence-corrected chi connectivity index (χ2v) is 8.50.